The van der Waals surface area contributed by atoms with Gasteiger partial charge in [0.05, 0.1) is 7.11 Å². The van der Waals surface area contributed by atoms with Gasteiger partial charge in [0.15, 0.2) is 0 Å². The van der Waals surface area contributed by atoms with Crippen LogP contribution in [0.15, 0.2) is 16.9 Å². The lowest BCUT2D eigenvalue weighted by Gasteiger charge is -2.14. The summed E-state index contributed by atoms with van der Waals surface area (Å²) in [4.78, 5) is 12.2. The van der Waals surface area contributed by atoms with Crippen molar-refractivity contribution in [1.29, 1.82) is 0 Å². The normalized spacial score (nSPS) is 11.6. The Hall–Kier alpha value is -2.02. The van der Waals surface area contributed by atoms with Crippen molar-refractivity contribution in [1.82, 2.24) is 20.1 Å². The van der Waals surface area contributed by atoms with Gasteiger partial charge in [-0.2, -0.15) is 4.98 Å². The highest BCUT2D eigenvalue weighted by atomic mass is 16.5. The second-order valence-electron chi connectivity index (χ2n) is 4.62. The summed E-state index contributed by atoms with van der Waals surface area (Å²) < 4.78 is 10.1. The van der Waals surface area contributed by atoms with Crippen LogP contribution in [0.4, 0.5) is 0 Å². The molecule has 2 N–H and O–H groups in total. The average molecular weight is 249 g/mol. The highest BCUT2D eigenvalue weighted by Gasteiger charge is 2.18. The molecule has 0 aliphatic heterocycles. The second kappa shape index (κ2) is 4.69. The first kappa shape index (κ1) is 12.4. The molecule has 7 heteroatoms. The van der Waals surface area contributed by atoms with Crippen LogP contribution in [0.1, 0.15) is 19.7 Å². The van der Waals surface area contributed by atoms with E-state index in [1.165, 1.54) is 13.4 Å². The Morgan fingerprint density at radius 1 is 1.39 bits per heavy atom. The number of hydrogen-bond acceptors (Lipinski definition) is 7. The fourth-order valence-electron chi connectivity index (χ4n) is 1.39. The van der Waals surface area contributed by atoms with E-state index in [0.29, 0.717) is 29.7 Å². The third-order valence-electron chi connectivity index (χ3n) is 2.16. The molecule has 0 unspecified atom stereocenters. The van der Waals surface area contributed by atoms with Crippen LogP contribution < -0.4 is 10.5 Å². The van der Waals surface area contributed by atoms with Crippen molar-refractivity contribution >= 4 is 0 Å². The molecule has 0 bridgehead atoms. The fraction of sp³-hybridized carbons (Fsp3) is 0.455. The Morgan fingerprint density at radius 2 is 2.17 bits per heavy atom. The maximum absolute atomic E-state index is 5.89. The van der Waals surface area contributed by atoms with Crippen LogP contribution in [-0.2, 0) is 6.42 Å². The highest BCUT2D eigenvalue weighted by molar-refractivity contribution is 5.49. The van der Waals surface area contributed by atoms with Crippen LogP contribution in [0.3, 0.4) is 0 Å². The molecule has 0 aliphatic carbocycles. The lowest BCUT2D eigenvalue weighted by molar-refractivity contribution is 0.348. The van der Waals surface area contributed by atoms with Crippen LogP contribution in [0.2, 0.25) is 0 Å². The van der Waals surface area contributed by atoms with Gasteiger partial charge in [-0.25, -0.2) is 9.97 Å². The molecule has 96 valence electrons. The SMILES string of the molecule is COc1cc(-c2noc(CC(C)(C)N)n2)ncn1. The standard InChI is InChI=1S/C11H15N5O2/c1-11(2,12)5-9-15-10(16-18-9)7-4-8(17-3)14-6-13-7/h4,6H,5,12H2,1-3H3. The molecule has 7 nitrogen and oxygen atoms in total. The van der Waals surface area contributed by atoms with Gasteiger partial charge in [-0.3, -0.25) is 0 Å². The molecule has 2 aromatic heterocycles. The largest absolute Gasteiger partial charge is 0.481 e. The van der Waals surface area contributed by atoms with Crippen LogP contribution >= 0.6 is 0 Å². The summed E-state index contributed by atoms with van der Waals surface area (Å²) in [5, 5.41) is 3.86. The smallest absolute Gasteiger partial charge is 0.228 e. The van der Waals surface area contributed by atoms with E-state index in [-0.39, 0.29) is 0 Å². The molecule has 0 radical (unpaired) electrons. The van der Waals surface area contributed by atoms with Crippen molar-refractivity contribution in [2.45, 2.75) is 25.8 Å². The van der Waals surface area contributed by atoms with Crippen molar-refractivity contribution in [2.75, 3.05) is 7.11 Å². The van der Waals surface area contributed by atoms with Gasteiger partial charge >= 0.3 is 0 Å². The Kier molecular flexibility index (Phi) is 3.24. The zero-order valence-electron chi connectivity index (χ0n) is 10.5. The molecular weight excluding hydrogens is 234 g/mol. The Bertz CT molecular complexity index is 532. The number of nitrogens with two attached hydrogens (primary N) is 1. The van der Waals surface area contributed by atoms with Crippen molar-refractivity contribution in [2.24, 2.45) is 5.73 Å². The molecular formula is C11H15N5O2. The minimum atomic E-state index is -0.396. The number of methoxy groups -OCH3 is 1. The summed E-state index contributed by atoms with van der Waals surface area (Å²) in [7, 11) is 1.53. The van der Waals surface area contributed by atoms with Gasteiger partial charge in [0, 0.05) is 18.0 Å². The van der Waals surface area contributed by atoms with Gasteiger partial charge in [0.25, 0.3) is 0 Å². The zero-order valence-corrected chi connectivity index (χ0v) is 10.5. The molecule has 0 aromatic carbocycles. The van der Waals surface area contributed by atoms with E-state index in [0.717, 1.165) is 0 Å². The molecule has 0 saturated carbocycles. The Labute approximate surface area is 104 Å². The van der Waals surface area contributed by atoms with E-state index in [4.69, 9.17) is 15.0 Å². The maximum Gasteiger partial charge on any atom is 0.228 e. The van der Waals surface area contributed by atoms with E-state index in [2.05, 4.69) is 20.1 Å². The van der Waals surface area contributed by atoms with Crippen LogP contribution in [0, 0.1) is 0 Å². The Morgan fingerprint density at radius 3 is 2.83 bits per heavy atom. The topological polar surface area (TPSA) is 100.0 Å². The Balaban J connectivity index is 2.23. The van der Waals surface area contributed by atoms with Gasteiger partial charge in [-0.15, -0.1) is 0 Å². The van der Waals surface area contributed by atoms with E-state index < -0.39 is 5.54 Å². The summed E-state index contributed by atoms with van der Waals surface area (Å²) in [6, 6.07) is 1.64. The van der Waals surface area contributed by atoms with Gasteiger partial charge in [-0.1, -0.05) is 5.16 Å². The third kappa shape index (κ3) is 3.01. The lowest BCUT2D eigenvalue weighted by Crippen LogP contribution is -2.34. The molecule has 0 amide bonds. The fourth-order valence-corrected chi connectivity index (χ4v) is 1.39. The zero-order chi connectivity index (χ0) is 13.2. The average Bonchev–Trinajstić information content (AvgIpc) is 2.75. The minimum absolute atomic E-state index is 0.396. The number of nitrogens with zero attached hydrogens (tertiary/aromatic N) is 4. The van der Waals surface area contributed by atoms with Crippen molar-refractivity contribution in [3.63, 3.8) is 0 Å². The summed E-state index contributed by atoms with van der Waals surface area (Å²) in [5.74, 6) is 1.33. The van der Waals surface area contributed by atoms with Crippen molar-refractivity contribution in [3.8, 4) is 17.4 Å². The first-order valence-corrected chi connectivity index (χ1v) is 5.46. The maximum atomic E-state index is 5.89. The molecule has 18 heavy (non-hydrogen) atoms. The second-order valence-corrected chi connectivity index (χ2v) is 4.62. The predicted molar refractivity (Wildman–Crippen MR) is 63.8 cm³/mol. The van der Waals surface area contributed by atoms with E-state index >= 15 is 0 Å². The monoisotopic (exact) mass is 249 g/mol. The third-order valence-corrected chi connectivity index (χ3v) is 2.16. The number of aromatic nitrogens is 4. The predicted octanol–water partition coefficient (Wildman–Crippen LogP) is 0.815. The molecule has 2 aromatic rings. The number of hydrogen-bond donors (Lipinski definition) is 1. The van der Waals surface area contributed by atoms with Gasteiger partial charge in [0.1, 0.15) is 12.0 Å². The molecule has 0 saturated heterocycles. The number of ether oxygens (including phenoxy) is 1. The summed E-state index contributed by atoms with van der Waals surface area (Å²) in [5.41, 5.74) is 6.04. The first-order chi connectivity index (χ1) is 8.48. The minimum Gasteiger partial charge on any atom is -0.481 e. The van der Waals surface area contributed by atoms with E-state index in [1.807, 2.05) is 13.8 Å². The van der Waals surface area contributed by atoms with E-state index in [9.17, 15) is 0 Å². The van der Waals surface area contributed by atoms with Gasteiger partial charge in [0.2, 0.25) is 17.6 Å². The molecule has 0 spiro atoms. The number of rotatable bonds is 4. The van der Waals surface area contributed by atoms with E-state index in [1.54, 1.807) is 6.07 Å². The lowest BCUT2D eigenvalue weighted by atomic mass is 10.0. The van der Waals surface area contributed by atoms with Gasteiger partial charge < -0.3 is 15.0 Å². The molecule has 0 aliphatic rings. The van der Waals surface area contributed by atoms with Crippen LogP contribution in [0.5, 0.6) is 5.88 Å². The summed E-state index contributed by atoms with van der Waals surface area (Å²) in [6.07, 6.45) is 1.89. The van der Waals surface area contributed by atoms with Crippen LogP contribution in [-0.4, -0.2) is 32.8 Å². The summed E-state index contributed by atoms with van der Waals surface area (Å²) in [6.45, 7) is 3.79. The molecule has 0 atom stereocenters. The quantitative estimate of drug-likeness (QED) is 0.855. The van der Waals surface area contributed by atoms with Crippen LogP contribution in [0.25, 0.3) is 11.5 Å². The van der Waals surface area contributed by atoms with Gasteiger partial charge in [-0.05, 0) is 13.8 Å². The molecule has 0 fully saturated rings. The summed E-state index contributed by atoms with van der Waals surface area (Å²) >= 11 is 0. The van der Waals surface area contributed by atoms with Crippen molar-refractivity contribution in [3.05, 3.63) is 18.3 Å². The van der Waals surface area contributed by atoms with Crippen molar-refractivity contribution < 1.29 is 9.26 Å². The molecule has 2 heterocycles. The first-order valence-electron chi connectivity index (χ1n) is 5.46. The highest BCUT2D eigenvalue weighted by Crippen LogP contribution is 2.17. The molecule has 2 rings (SSSR count).